The Bertz CT molecular complexity index is 855. The van der Waals surface area contributed by atoms with Crippen molar-refractivity contribution in [3.63, 3.8) is 0 Å². The first-order valence-electron chi connectivity index (χ1n) is 8.16. The number of thiazole rings is 1. The van der Waals surface area contributed by atoms with Crippen molar-refractivity contribution in [2.24, 2.45) is 0 Å². The first-order valence-corrected chi connectivity index (χ1v) is 10.2. The number of benzene rings is 1. The minimum Gasteiger partial charge on any atom is -0.355 e. The Balaban J connectivity index is 1.38. The molecule has 3 aromatic rings. The first-order chi connectivity index (χ1) is 12.7. The molecule has 0 aliphatic heterocycles. The van der Waals surface area contributed by atoms with Crippen LogP contribution in [0.25, 0.3) is 10.7 Å². The summed E-state index contributed by atoms with van der Waals surface area (Å²) in [6.07, 6.45) is 1.98. The molecule has 26 heavy (non-hydrogen) atoms. The van der Waals surface area contributed by atoms with Gasteiger partial charge in [-0.1, -0.05) is 24.3 Å². The van der Waals surface area contributed by atoms with Gasteiger partial charge in [0.2, 0.25) is 5.91 Å². The van der Waals surface area contributed by atoms with E-state index in [0.29, 0.717) is 17.9 Å². The van der Waals surface area contributed by atoms with Crippen LogP contribution in [0.5, 0.6) is 0 Å². The molecule has 7 heteroatoms. The second-order valence-electron chi connectivity index (χ2n) is 5.53. The molecule has 2 aromatic heterocycles. The van der Waals surface area contributed by atoms with Crippen molar-refractivity contribution in [2.45, 2.75) is 12.2 Å². The van der Waals surface area contributed by atoms with Crippen LogP contribution in [0.1, 0.15) is 11.3 Å². The number of carbonyl (C=O) groups excluding carboxylic acids is 1. The van der Waals surface area contributed by atoms with Crippen LogP contribution in [-0.2, 0) is 17.0 Å². The minimum atomic E-state index is -0.184. The van der Waals surface area contributed by atoms with Crippen molar-refractivity contribution in [1.29, 1.82) is 0 Å². The van der Waals surface area contributed by atoms with Crippen LogP contribution >= 0.6 is 23.1 Å². The largest absolute Gasteiger partial charge is 0.355 e. The van der Waals surface area contributed by atoms with E-state index < -0.39 is 0 Å². The third-order valence-electron chi connectivity index (χ3n) is 3.56. The Kier molecular flexibility index (Phi) is 6.74. The van der Waals surface area contributed by atoms with Crippen LogP contribution in [0, 0.1) is 5.82 Å². The summed E-state index contributed by atoms with van der Waals surface area (Å²) in [5, 5.41) is 5.58. The SMILES string of the molecule is O=C(Cc1csc(-c2ccccn2)n1)NCCSCc1ccccc1F. The highest BCUT2D eigenvalue weighted by Gasteiger charge is 2.09. The zero-order valence-corrected chi connectivity index (χ0v) is 15.7. The van der Waals surface area contributed by atoms with E-state index >= 15 is 0 Å². The average molecular weight is 388 g/mol. The monoisotopic (exact) mass is 387 g/mol. The van der Waals surface area contributed by atoms with Gasteiger partial charge in [0.15, 0.2) is 0 Å². The van der Waals surface area contributed by atoms with E-state index in [2.05, 4.69) is 15.3 Å². The third kappa shape index (κ3) is 5.37. The van der Waals surface area contributed by atoms with Crippen LogP contribution in [0.3, 0.4) is 0 Å². The van der Waals surface area contributed by atoms with E-state index in [9.17, 15) is 9.18 Å². The summed E-state index contributed by atoms with van der Waals surface area (Å²) in [4.78, 5) is 20.7. The van der Waals surface area contributed by atoms with E-state index in [0.717, 1.165) is 22.1 Å². The highest BCUT2D eigenvalue weighted by Crippen LogP contribution is 2.21. The van der Waals surface area contributed by atoms with Gasteiger partial charge < -0.3 is 5.32 Å². The van der Waals surface area contributed by atoms with E-state index in [1.165, 1.54) is 17.4 Å². The summed E-state index contributed by atoms with van der Waals surface area (Å²) < 4.78 is 13.5. The molecule has 0 saturated heterocycles. The fraction of sp³-hybridized carbons (Fsp3) is 0.211. The van der Waals surface area contributed by atoms with Gasteiger partial charge in [-0.3, -0.25) is 9.78 Å². The number of thioether (sulfide) groups is 1. The Morgan fingerprint density at radius 2 is 2.04 bits per heavy atom. The van der Waals surface area contributed by atoms with Crippen LogP contribution in [0.4, 0.5) is 4.39 Å². The van der Waals surface area contributed by atoms with Gasteiger partial charge in [0.25, 0.3) is 0 Å². The highest BCUT2D eigenvalue weighted by molar-refractivity contribution is 7.98. The number of hydrogen-bond donors (Lipinski definition) is 1. The topological polar surface area (TPSA) is 54.9 Å². The minimum absolute atomic E-state index is 0.0608. The Morgan fingerprint density at radius 3 is 2.85 bits per heavy atom. The normalized spacial score (nSPS) is 10.7. The van der Waals surface area contributed by atoms with E-state index in [1.54, 1.807) is 30.1 Å². The molecule has 1 aromatic carbocycles. The summed E-state index contributed by atoms with van der Waals surface area (Å²) in [7, 11) is 0. The summed E-state index contributed by atoms with van der Waals surface area (Å²) >= 11 is 3.08. The zero-order chi connectivity index (χ0) is 18.2. The molecule has 0 aliphatic carbocycles. The number of nitrogens with one attached hydrogen (secondary N) is 1. The second-order valence-corrected chi connectivity index (χ2v) is 7.49. The van der Waals surface area contributed by atoms with Gasteiger partial charge in [0.05, 0.1) is 17.8 Å². The molecule has 0 aliphatic rings. The quantitative estimate of drug-likeness (QED) is 0.595. The molecule has 0 saturated carbocycles. The molecule has 0 spiro atoms. The Morgan fingerprint density at radius 1 is 1.19 bits per heavy atom. The molecule has 0 radical (unpaired) electrons. The van der Waals surface area contributed by atoms with Crippen molar-refractivity contribution in [3.05, 3.63) is 71.1 Å². The molecular formula is C19H18FN3OS2. The van der Waals surface area contributed by atoms with Gasteiger partial charge in [-0.25, -0.2) is 9.37 Å². The molecule has 1 amide bonds. The number of nitrogens with zero attached hydrogens (tertiary/aromatic N) is 2. The van der Waals surface area contributed by atoms with Crippen molar-refractivity contribution in [2.75, 3.05) is 12.3 Å². The lowest BCUT2D eigenvalue weighted by Crippen LogP contribution is -2.27. The van der Waals surface area contributed by atoms with Crippen molar-refractivity contribution in [3.8, 4) is 10.7 Å². The lowest BCUT2D eigenvalue weighted by Gasteiger charge is -2.05. The van der Waals surface area contributed by atoms with Crippen LogP contribution in [-0.4, -0.2) is 28.2 Å². The van der Waals surface area contributed by atoms with Gasteiger partial charge in [-0.15, -0.1) is 11.3 Å². The van der Waals surface area contributed by atoms with Crippen LogP contribution in [0.15, 0.2) is 54.0 Å². The van der Waals surface area contributed by atoms with Gasteiger partial charge in [0.1, 0.15) is 10.8 Å². The number of carbonyl (C=O) groups is 1. The average Bonchev–Trinajstić information content (AvgIpc) is 3.12. The van der Waals surface area contributed by atoms with E-state index in [-0.39, 0.29) is 18.1 Å². The van der Waals surface area contributed by atoms with Crippen LogP contribution < -0.4 is 5.32 Å². The molecular weight excluding hydrogens is 369 g/mol. The van der Waals surface area contributed by atoms with E-state index in [1.807, 2.05) is 29.6 Å². The molecule has 2 heterocycles. The number of amides is 1. The number of halogens is 1. The molecule has 134 valence electrons. The van der Waals surface area contributed by atoms with Gasteiger partial charge in [-0.05, 0) is 23.8 Å². The third-order valence-corrected chi connectivity index (χ3v) is 5.48. The fourth-order valence-corrected chi connectivity index (χ4v) is 3.92. The molecule has 4 nitrogen and oxygen atoms in total. The standard InChI is InChI=1S/C19H18FN3OS2/c20-16-6-2-1-5-14(16)12-25-10-9-22-18(24)11-15-13-26-19(23-15)17-7-3-4-8-21-17/h1-8,13H,9-12H2,(H,22,24). The summed E-state index contributed by atoms with van der Waals surface area (Å²) in [6, 6.07) is 12.4. The smallest absolute Gasteiger partial charge is 0.226 e. The maximum atomic E-state index is 13.5. The van der Waals surface area contributed by atoms with E-state index in [4.69, 9.17) is 0 Å². The molecule has 0 bridgehead atoms. The van der Waals surface area contributed by atoms with Crippen molar-refractivity contribution < 1.29 is 9.18 Å². The van der Waals surface area contributed by atoms with Gasteiger partial charge >= 0.3 is 0 Å². The molecule has 0 unspecified atom stereocenters. The number of aromatic nitrogens is 2. The van der Waals surface area contributed by atoms with Gasteiger partial charge in [-0.2, -0.15) is 11.8 Å². The number of hydrogen-bond acceptors (Lipinski definition) is 5. The molecule has 0 atom stereocenters. The van der Waals surface area contributed by atoms with Crippen molar-refractivity contribution in [1.82, 2.24) is 15.3 Å². The molecule has 3 rings (SSSR count). The number of pyridine rings is 1. The Hall–Kier alpha value is -2.25. The maximum absolute atomic E-state index is 13.5. The Labute approximate surface area is 159 Å². The van der Waals surface area contributed by atoms with Crippen LogP contribution in [0.2, 0.25) is 0 Å². The second kappa shape index (κ2) is 9.45. The van der Waals surface area contributed by atoms with Gasteiger partial charge in [0, 0.05) is 29.6 Å². The maximum Gasteiger partial charge on any atom is 0.226 e. The summed E-state index contributed by atoms with van der Waals surface area (Å²) in [5.74, 6) is 1.09. The van der Waals surface area contributed by atoms with Crippen molar-refractivity contribution >= 4 is 29.0 Å². The summed E-state index contributed by atoms with van der Waals surface area (Å²) in [5.41, 5.74) is 2.24. The predicted octanol–water partition coefficient (Wildman–Crippen LogP) is 3.94. The fourth-order valence-electron chi connectivity index (χ4n) is 2.28. The predicted molar refractivity (Wildman–Crippen MR) is 105 cm³/mol. The summed E-state index contributed by atoms with van der Waals surface area (Å²) in [6.45, 7) is 0.551. The first kappa shape index (κ1) is 18.5. The number of rotatable bonds is 8. The zero-order valence-electron chi connectivity index (χ0n) is 14.0. The highest BCUT2D eigenvalue weighted by atomic mass is 32.2. The lowest BCUT2D eigenvalue weighted by atomic mass is 10.2. The molecule has 1 N–H and O–H groups in total. The molecule has 0 fully saturated rings. The lowest BCUT2D eigenvalue weighted by molar-refractivity contribution is -0.120.